The Morgan fingerprint density at radius 3 is 2.44 bits per heavy atom. The van der Waals surface area contributed by atoms with E-state index in [1.54, 1.807) is 43.3 Å². The van der Waals surface area contributed by atoms with Gasteiger partial charge in [-0.2, -0.15) is 0 Å². The largest absolute Gasteiger partial charge is 0.455 e. The third-order valence-corrected chi connectivity index (χ3v) is 5.13. The standard InChI is InChI=1S/C26H22N2O4/c1-16-23(30)21-12-7-13-22(25(21)32-24(16)19-9-4-3-5-10-19)26(31)27-15-18-8-6-11-20(14-18)28-17(2)29/h3-14H,15H2,1-2H3,(H,27,31)(H,28,29). The Morgan fingerprint density at radius 2 is 1.69 bits per heavy atom. The minimum atomic E-state index is -0.355. The van der Waals surface area contributed by atoms with Crippen LogP contribution < -0.4 is 16.1 Å². The molecule has 1 heterocycles. The quantitative estimate of drug-likeness (QED) is 0.486. The maximum Gasteiger partial charge on any atom is 0.255 e. The molecular weight excluding hydrogens is 404 g/mol. The molecule has 6 nitrogen and oxygen atoms in total. The molecule has 1 aromatic heterocycles. The van der Waals surface area contributed by atoms with Gasteiger partial charge >= 0.3 is 0 Å². The highest BCUT2D eigenvalue weighted by atomic mass is 16.3. The van der Waals surface area contributed by atoms with Gasteiger partial charge in [0.15, 0.2) is 11.0 Å². The van der Waals surface area contributed by atoms with Crippen LogP contribution in [0.2, 0.25) is 0 Å². The summed E-state index contributed by atoms with van der Waals surface area (Å²) >= 11 is 0. The van der Waals surface area contributed by atoms with Crippen LogP contribution in [-0.2, 0) is 11.3 Å². The van der Waals surface area contributed by atoms with Crippen molar-refractivity contribution < 1.29 is 14.0 Å². The Kier molecular flexibility index (Phi) is 5.85. The zero-order valence-electron chi connectivity index (χ0n) is 17.8. The van der Waals surface area contributed by atoms with E-state index in [2.05, 4.69) is 10.6 Å². The molecule has 32 heavy (non-hydrogen) atoms. The second-order valence-electron chi connectivity index (χ2n) is 7.50. The number of anilines is 1. The SMILES string of the molecule is CC(=O)Nc1cccc(CNC(=O)c2cccc3c(=O)c(C)c(-c4ccccc4)oc23)c1. The fourth-order valence-corrected chi connectivity index (χ4v) is 3.59. The summed E-state index contributed by atoms with van der Waals surface area (Å²) in [6.45, 7) is 3.42. The van der Waals surface area contributed by atoms with Gasteiger partial charge in [0, 0.05) is 30.3 Å². The van der Waals surface area contributed by atoms with Crippen molar-refractivity contribution >= 4 is 28.5 Å². The first-order chi connectivity index (χ1) is 15.4. The van der Waals surface area contributed by atoms with Crippen molar-refractivity contribution in [1.29, 1.82) is 0 Å². The molecule has 0 saturated carbocycles. The van der Waals surface area contributed by atoms with E-state index in [1.807, 2.05) is 36.4 Å². The molecule has 0 saturated heterocycles. The lowest BCUT2D eigenvalue weighted by atomic mass is 10.0. The van der Waals surface area contributed by atoms with Crippen molar-refractivity contribution in [2.24, 2.45) is 0 Å². The van der Waals surface area contributed by atoms with E-state index in [9.17, 15) is 14.4 Å². The topological polar surface area (TPSA) is 88.4 Å². The second kappa shape index (κ2) is 8.89. The highest BCUT2D eigenvalue weighted by molar-refractivity contribution is 6.05. The third kappa shape index (κ3) is 4.30. The summed E-state index contributed by atoms with van der Waals surface area (Å²) in [5, 5.41) is 5.95. The molecule has 0 atom stereocenters. The van der Waals surface area contributed by atoms with Crippen LogP contribution >= 0.6 is 0 Å². The zero-order valence-corrected chi connectivity index (χ0v) is 17.8. The number of nitrogens with one attached hydrogen (secondary N) is 2. The second-order valence-corrected chi connectivity index (χ2v) is 7.50. The molecule has 2 amide bonds. The van der Waals surface area contributed by atoms with E-state index in [4.69, 9.17) is 4.42 Å². The minimum Gasteiger partial charge on any atom is -0.455 e. The summed E-state index contributed by atoms with van der Waals surface area (Å²) in [5.41, 5.74) is 3.13. The fraction of sp³-hybridized carbons (Fsp3) is 0.115. The number of rotatable bonds is 5. The van der Waals surface area contributed by atoms with Gasteiger partial charge in [0.05, 0.1) is 10.9 Å². The number of amides is 2. The van der Waals surface area contributed by atoms with E-state index >= 15 is 0 Å². The summed E-state index contributed by atoms with van der Waals surface area (Å²) in [7, 11) is 0. The third-order valence-electron chi connectivity index (χ3n) is 5.13. The predicted octanol–water partition coefficient (Wildman–Crippen LogP) is 4.66. The summed E-state index contributed by atoms with van der Waals surface area (Å²) in [5.74, 6) is -0.0700. The van der Waals surface area contributed by atoms with Gasteiger partial charge in [-0.05, 0) is 36.8 Å². The number of hydrogen-bond donors (Lipinski definition) is 2. The van der Waals surface area contributed by atoms with Gasteiger partial charge in [-0.1, -0.05) is 48.5 Å². The molecule has 0 spiro atoms. The van der Waals surface area contributed by atoms with Crippen molar-refractivity contribution in [3.05, 3.63) is 99.7 Å². The van der Waals surface area contributed by atoms with Gasteiger partial charge in [-0.3, -0.25) is 14.4 Å². The number of carbonyl (C=O) groups is 2. The molecule has 0 aliphatic rings. The van der Waals surface area contributed by atoms with Crippen LogP contribution in [0.15, 0.2) is 82.0 Å². The van der Waals surface area contributed by atoms with Gasteiger partial charge < -0.3 is 15.1 Å². The van der Waals surface area contributed by atoms with Crippen LogP contribution in [0.1, 0.15) is 28.4 Å². The van der Waals surface area contributed by atoms with Gasteiger partial charge in [0.2, 0.25) is 5.91 Å². The van der Waals surface area contributed by atoms with Crippen LogP contribution in [0, 0.1) is 6.92 Å². The van der Waals surface area contributed by atoms with E-state index in [0.717, 1.165) is 11.1 Å². The van der Waals surface area contributed by atoms with Crippen molar-refractivity contribution in [3.63, 3.8) is 0 Å². The Morgan fingerprint density at radius 1 is 0.938 bits per heavy atom. The van der Waals surface area contributed by atoms with E-state index in [-0.39, 0.29) is 34.9 Å². The molecule has 4 aromatic rings. The number of para-hydroxylation sites is 1. The van der Waals surface area contributed by atoms with Crippen molar-refractivity contribution in [2.45, 2.75) is 20.4 Å². The summed E-state index contributed by atoms with van der Waals surface area (Å²) in [4.78, 5) is 37.2. The van der Waals surface area contributed by atoms with Crippen molar-refractivity contribution in [3.8, 4) is 11.3 Å². The molecule has 0 fully saturated rings. The summed E-state index contributed by atoms with van der Waals surface area (Å²) in [6.07, 6.45) is 0. The average molecular weight is 426 g/mol. The fourth-order valence-electron chi connectivity index (χ4n) is 3.59. The Hall–Kier alpha value is -4.19. The van der Waals surface area contributed by atoms with Crippen molar-refractivity contribution in [1.82, 2.24) is 5.32 Å². The maximum atomic E-state index is 13.0. The lowest BCUT2D eigenvalue weighted by Gasteiger charge is -2.11. The summed E-state index contributed by atoms with van der Waals surface area (Å²) in [6, 6.07) is 21.6. The monoisotopic (exact) mass is 426 g/mol. The molecule has 0 aliphatic carbocycles. The van der Waals surface area contributed by atoms with Crippen LogP contribution in [0.3, 0.4) is 0 Å². The molecule has 4 rings (SSSR count). The molecular formula is C26H22N2O4. The normalized spacial score (nSPS) is 10.7. The Bertz CT molecular complexity index is 1370. The Labute approximate surface area is 184 Å². The summed E-state index contributed by atoms with van der Waals surface area (Å²) < 4.78 is 6.12. The highest BCUT2D eigenvalue weighted by Crippen LogP contribution is 2.27. The predicted molar refractivity (Wildman–Crippen MR) is 125 cm³/mol. The molecule has 160 valence electrons. The lowest BCUT2D eigenvalue weighted by Crippen LogP contribution is -2.23. The molecule has 0 bridgehead atoms. The maximum absolute atomic E-state index is 13.0. The van der Waals surface area contributed by atoms with E-state index in [1.165, 1.54) is 6.92 Å². The number of hydrogen-bond acceptors (Lipinski definition) is 4. The van der Waals surface area contributed by atoms with Crippen LogP contribution in [-0.4, -0.2) is 11.8 Å². The highest BCUT2D eigenvalue weighted by Gasteiger charge is 2.18. The number of carbonyl (C=O) groups excluding carboxylic acids is 2. The number of benzene rings is 3. The molecule has 2 N–H and O–H groups in total. The van der Waals surface area contributed by atoms with Crippen molar-refractivity contribution in [2.75, 3.05) is 5.32 Å². The van der Waals surface area contributed by atoms with Gasteiger partial charge in [0.1, 0.15) is 5.76 Å². The molecule has 3 aromatic carbocycles. The van der Waals surface area contributed by atoms with Gasteiger partial charge in [0.25, 0.3) is 5.91 Å². The smallest absolute Gasteiger partial charge is 0.255 e. The zero-order chi connectivity index (χ0) is 22.7. The van der Waals surface area contributed by atoms with Crippen LogP contribution in [0.25, 0.3) is 22.3 Å². The molecule has 6 heteroatoms. The van der Waals surface area contributed by atoms with E-state index in [0.29, 0.717) is 22.4 Å². The van der Waals surface area contributed by atoms with Gasteiger partial charge in [-0.25, -0.2) is 0 Å². The van der Waals surface area contributed by atoms with Gasteiger partial charge in [-0.15, -0.1) is 0 Å². The van der Waals surface area contributed by atoms with Crippen LogP contribution in [0.5, 0.6) is 0 Å². The average Bonchev–Trinajstić information content (AvgIpc) is 2.80. The Balaban J connectivity index is 1.67. The first-order valence-electron chi connectivity index (χ1n) is 10.2. The lowest BCUT2D eigenvalue weighted by molar-refractivity contribution is -0.114. The first-order valence-corrected chi connectivity index (χ1v) is 10.2. The molecule has 0 unspecified atom stereocenters. The van der Waals surface area contributed by atoms with Crippen LogP contribution in [0.4, 0.5) is 5.69 Å². The first kappa shape index (κ1) is 21.1. The minimum absolute atomic E-state index is 0.164. The number of fused-ring (bicyclic) bond motifs is 1. The van der Waals surface area contributed by atoms with E-state index < -0.39 is 0 Å². The molecule has 0 aliphatic heterocycles. The molecule has 0 radical (unpaired) electrons.